The van der Waals surface area contributed by atoms with Gasteiger partial charge in [0.15, 0.2) is 0 Å². The number of methoxy groups -OCH3 is 1. The summed E-state index contributed by atoms with van der Waals surface area (Å²) in [4.78, 5) is 25.8. The number of nitrogens with zero attached hydrogens (tertiary/aromatic N) is 2. The minimum atomic E-state index is -2.64. The number of aryl methyl sites for hydroxylation is 2. The Kier molecular flexibility index (Phi) is 9.38. The molecule has 0 saturated heterocycles. The molecule has 0 fully saturated rings. The van der Waals surface area contributed by atoms with E-state index < -0.39 is 17.3 Å². The van der Waals surface area contributed by atoms with Crippen LogP contribution in [0.5, 0.6) is 0 Å². The summed E-state index contributed by atoms with van der Waals surface area (Å²) in [6.45, 7) is 1.92. The summed E-state index contributed by atoms with van der Waals surface area (Å²) in [7, 11) is 4.62. The Morgan fingerprint density at radius 1 is 0.889 bits per heavy atom. The van der Waals surface area contributed by atoms with E-state index in [9.17, 15) is 18.4 Å². The number of esters is 1. The number of likely N-dealkylation sites (N-methyl/N-ethyl adjacent to an activating group) is 1. The second-order valence-electron chi connectivity index (χ2n) is 8.80. The maximum absolute atomic E-state index is 13.1. The van der Waals surface area contributed by atoms with Crippen LogP contribution in [0, 0.1) is 6.92 Å². The molecule has 0 aliphatic heterocycles. The molecule has 36 heavy (non-hydrogen) atoms. The van der Waals surface area contributed by atoms with Crippen LogP contribution in [0.1, 0.15) is 23.1 Å². The molecule has 0 aliphatic carbocycles. The molecule has 0 aromatic heterocycles. The van der Waals surface area contributed by atoms with Crippen molar-refractivity contribution in [3.8, 4) is 11.1 Å². The first-order valence-electron chi connectivity index (χ1n) is 11.6. The van der Waals surface area contributed by atoms with Gasteiger partial charge < -0.3 is 14.2 Å². The normalized spacial score (nSPS) is 12.5. The summed E-state index contributed by atoms with van der Waals surface area (Å²) in [5.74, 6) is -0.533. The molecular formula is C28H31N2O5S-. The second-order valence-corrected chi connectivity index (χ2v) is 9.63. The van der Waals surface area contributed by atoms with Crippen LogP contribution < -0.4 is 4.31 Å². The summed E-state index contributed by atoms with van der Waals surface area (Å²) in [6.07, 6.45) is 1.18. The van der Waals surface area contributed by atoms with Gasteiger partial charge in [-0.1, -0.05) is 66.2 Å². The van der Waals surface area contributed by atoms with Crippen LogP contribution in [0.4, 0.5) is 5.69 Å². The number of carbonyl (C=O) groups excluding carboxylic acids is 2. The summed E-state index contributed by atoms with van der Waals surface area (Å²) < 4.78 is 30.3. The van der Waals surface area contributed by atoms with Crippen molar-refractivity contribution in [2.24, 2.45) is 0 Å². The number of benzene rings is 3. The van der Waals surface area contributed by atoms with Crippen LogP contribution >= 0.6 is 0 Å². The molecular weight excluding hydrogens is 476 g/mol. The summed E-state index contributed by atoms with van der Waals surface area (Å²) in [5.41, 5.74) is 5.35. The predicted octanol–water partition coefficient (Wildman–Crippen LogP) is 4.07. The fourth-order valence-electron chi connectivity index (χ4n) is 3.90. The maximum atomic E-state index is 13.1. The average molecular weight is 508 g/mol. The lowest BCUT2D eigenvalue weighted by Crippen LogP contribution is -2.48. The van der Waals surface area contributed by atoms with E-state index in [0.29, 0.717) is 18.5 Å². The molecule has 0 N–H and O–H groups in total. The molecule has 7 nitrogen and oxygen atoms in total. The van der Waals surface area contributed by atoms with Gasteiger partial charge >= 0.3 is 5.97 Å². The minimum absolute atomic E-state index is 0.228. The maximum Gasteiger partial charge on any atom is 0.305 e. The van der Waals surface area contributed by atoms with Crippen molar-refractivity contribution in [2.75, 3.05) is 25.5 Å². The first-order chi connectivity index (χ1) is 17.2. The van der Waals surface area contributed by atoms with Gasteiger partial charge in [0.25, 0.3) is 0 Å². The molecule has 0 aliphatic rings. The first-order valence-corrected chi connectivity index (χ1v) is 12.6. The van der Waals surface area contributed by atoms with Gasteiger partial charge in [-0.3, -0.25) is 18.1 Å². The van der Waals surface area contributed by atoms with Crippen molar-refractivity contribution in [3.05, 3.63) is 89.5 Å². The Bertz CT molecular complexity index is 1190. The van der Waals surface area contributed by atoms with Crippen LogP contribution in [-0.2, 0) is 38.4 Å². The monoisotopic (exact) mass is 507 g/mol. The molecule has 1 amide bonds. The molecule has 3 rings (SSSR count). The van der Waals surface area contributed by atoms with Crippen LogP contribution in [0.2, 0.25) is 0 Å². The van der Waals surface area contributed by atoms with Gasteiger partial charge in [-0.05, 0) is 47.7 Å². The van der Waals surface area contributed by atoms with Crippen molar-refractivity contribution >= 4 is 28.8 Å². The van der Waals surface area contributed by atoms with Crippen LogP contribution in [-0.4, -0.2) is 52.8 Å². The van der Waals surface area contributed by atoms with Gasteiger partial charge in [-0.15, -0.1) is 0 Å². The molecule has 0 bridgehead atoms. The second kappa shape index (κ2) is 12.5. The highest BCUT2D eigenvalue weighted by molar-refractivity contribution is 7.80. The van der Waals surface area contributed by atoms with E-state index in [1.165, 1.54) is 12.0 Å². The zero-order chi connectivity index (χ0) is 26.2. The zero-order valence-electron chi connectivity index (χ0n) is 21.0. The highest BCUT2D eigenvalue weighted by atomic mass is 32.2. The lowest BCUT2D eigenvalue weighted by Gasteiger charge is -2.35. The molecule has 0 heterocycles. The van der Waals surface area contributed by atoms with Gasteiger partial charge in [0.2, 0.25) is 5.91 Å². The fourth-order valence-corrected chi connectivity index (χ4v) is 4.57. The van der Waals surface area contributed by atoms with Crippen LogP contribution in [0.15, 0.2) is 72.8 Å². The smallest absolute Gasteiger partial charge is 0.305 e. The summed E-state index contributed by atoms with van der Waals surface area (Å²) >= 11 is -2.64. The number of amides is 1. The van der Waals surface area contributed by atoms with Crippen molar-refractivity contribution in [1.82, 2.24) is 4.90 Å². The molecule has 2 atom stereocenters. The molecule has 8 heteroatoms. The number of hydrogen-bond donors (Lipinski definition) is 0. The van der Waals surface area contributed by atoms with E-state index in [-0.39, 0.29) is 18.3 Å². The standard InChI is InChI=1S/C28H32N2O5S/c1-20-5-16-25(17-6-20)30(36(33)34)26(28(32)29(2)3)19-22-9-14-24(15-10-22)23-12-7-21(8-13-23)11-18-27(31)35-4/h5-10,12-17,26H,11,18-19H2,1-4H3,(H,33,34)/p-1. The third kappa shape index (κ3) is 7.02. The highest BCUT2D eigenvalue weighted by Gasteiger charge is 2.29. The minimum Gasteiger partial charge on any atom is -0.755 e. The molecule has 2 unspecified atom stereocenters. The lowest BCUT2D eigenvalue weighted by atomic mass is 9.98. The van der Waals surface area contributed by atoms with Crippen molar-refractivity contribution in [2.45, 2.75) is 32.2 Å². The molecule has 0 spiro atoms. The van der Waals surface area contributed by atoms with Crippen molar-refractivity contribution < 1.29 is 23.1 Å². The zero-order valence-corrected chi connectivity index (χ0v) is 21.8. The quantitative estimate of drug-likeness (QED) is 0.305. The Labute approximate surface area is 215 Å². The van der Waals surface area contributed by atoms with Crippen LogP contribution in [0.3, 0.4) is 0 Å². The van der Waals surface area contributed by atoms with Crippen molar-refractivity contribution in [3.63, 3.8) is 0 Å². The third-order valence-electron chi connectivity index (χ3n) is 5.97. The number of anilines is 1. The molecule has 3 aromatic rings. The van der Waals surface area contributed by atoms with E-state index in [1.54, 1.807) is 26.2 Å². The Morgan fingerprint density at radius 2 is 1.42 bits per heavy atom. The predicted molar refractivity (Wildman–Crippen MR) is 141 cm³/mol. The highest BCUT2D eigenvalue weighted by Crippen LogP contribution is 2.25. The van der Waals surface area contributed by atoms with Gasteiger partial charge in [0, 0.05) is 43.9 Å². The fraction of sp³-hybridized carbons (Fsp3) is 0.286. The van der Waals surface area contributed by atoms with E-state index in [2.05, 4.69) is 4.74 Å². The number of carbonyl (C=O) groups is 2. The first kappa shape index (κ1) is 27.1. The number of hydrogen-bond acceptors (Lipinski definition) is 5. The van der Waals surface area contributed by atoms with Gasteiger partial charge in [0.05, 0.1) is 7.11 Å². The van der Waals surface area contributed by atoms with Crippen LogP contribution in [0.25, 0.3) is 11.1 Å². The molecule has 3 aromatic carbocycles. The third-order valence-corrected chi connectivity index (χ3v) is 6.76. The Balaban J connectivity index is 1.80. The van der Waals surface area contributed by atoms with E-state index in [0.717, 1.165) is 32.1 Å². The largest absolute Gasteiger partial charge is 0.755 e. The van der Waals surface area contributed by atoms with E-state index in [4.69, 9.17) is 0 Å². The topological polar surface area (TPSA) is 90.0 Å². The summed E-state index contributed by atoms with van der Waals surface area (Å²) in [6, 6.07) is 21.9. The molecule has 0 radical (unpaired) electrons. The van der Waals surface area contributed by atoms with Gasteiger partial charge in [-0.2, -0.15) is 0 Å². The average Bonchev–Trinajstić information content (AvgIpc) is 2.88. The Morgan fingerprint density at radius 3 is 1.89 bits per heavy atom. The summed E-state index contributed by atoms with van der Waals surface area (Å²) in [5, 5.41) is 0. The number of ether oxygens (including phenoxy) is 1. The Hall–Kier alpha value is -3.49. The number of rotatable bonds is 10. The van der Waals surface area contributed by atoms with Crippen molar-refractivity contribution in [1.29, 1.82) is 0 Å². The van der Waals surface area contributed by atoms with Gasteiger partial charge in [0.1, 0.15) is 6.04 Å². The molecule has 0 saturated carbocycles. The molecule has 190 valence electrons. The van der Waals surface area contributed by atoms with E-state index in [1.807, 2.05) is 67.6 Å². The SMILES string of the molecule is COC(=O)CCc1ccc(-c2ccc(CC(C(=O)N(C)C)N(c3ccc(C)cc3)S(=O)[O-])cc2)cc1. The van der Waals surface area contributed by atoms with Gasteiger partial charge in [-0.25, -0.2) is 0 Å². The van der Waals surface area contributed by atoms with E-state index >= 15 is 0 Å². The lowest BCUT2D eigenvalue weighted by molar-refractivity contribution is -0.140.